The van der Waals surface area contributed by atoms with Crippen molar-refractivity contribution >= 4 is 11.8 Å². The predicted molar refractivity (Wildman–Crippen MR) is 64.1 cm³/mol. The fourth-order valence-corrected chi connectivity index (χ4v) is 1.21. The third-order valence-electron chi connectivity index (χ3n) is 2.32. The number of carbonyl (C=O) groups excluding carboxylic acids is 2. The second-order valence-electron chi connectivity index (χ2n) is 3.80. The molecule has 0 aliphatic carbocycles. The Kier molecular flexibility index (Phi) is 7.54. The summed E-state index contributed by atoms with van der Waals surface area (Å²) in [6.07, 6.45) is 0.447. The number of amides is 2. The minimum absolute atomic E-state index is 0.0265. The van der Waals surface area contributed by atoms with Gasteiger partial charge in [-0.3, -0.25) is 9.59 Å². The van der Waals surface area contributed by atoms with Crippen LogP contribution in [0.3, 0.4) is 0 Å². The monoisotopic (exact) mass is 229 g/mol. The first-order valence-electron chi connectivity index (χ1n) is 5.71. The Balaban J connectivity index is 4.06. The van der Waals surface area contributed by atoms with Gasteiger partial charge in [0, 0.05) is 33.6 Å². The van der Waals surface area contributed by atoms with Crippen LogP contribution in [-0.4, -0.2) is 61.9 Å². The molecule has 0 aromatic rings. The van der Waals surface area contributed by atoms with Crippen molar-refractivity contribution in [3.63, 3.8) is 0 Å². The first-order chi connectivity index (χ1) is 7.52. The van der Waals surface area contributed by atoms with E-state index in [2.05, 4.69) is 5.32 Å². The lowest BCUT2D eigenvalue weighted by Crippen LogP contribution is -2.41. The summed E-state index contributed by atoms with van der Waals surface area (Å²) in [6, 6.07) is 0. The van der Waals surface area contributed by atoms with Gasteiger partial charge in [-0.2, -0.15) is 0 Å². The number of rotatable bonds is 7. The Morgan fingerprint density at radius 3 is 2.19 bits per heavy atom. The van der Waals surface area contributed by atoms with Crippen molar-refractivity contribution < 1.29 is 9.59 Å². The fourth-order valence-electron chi connectivity index (χ4n) is 1.21. The highest BCUT2D eigenvalue weighted by atomic mass is 16.2. The van der Waals surface area contributed by atoms with Gasteiger partial charge in [-0.15, -0.1) is 0 Å². The number of carbonyl (C=O) groups is 2. The Morgan fingerprint density at radius 1 is 1.12 bits per heavy atom. The second kappa shape index (κ2) is 8.10. The van der Waals surface area contributed by atoms with Crippen LogP contribution in [0, 0.1) is 0 Å². The van der Waals surface area contributed by atoms with Crippen molar-refractivity contribution in [2.75, 3.05) is 40.3 Å². The summed E-state index contributed by atoms with van der Waals surface area (Å²) in [5.41, 5.74) is 0. The summed E-state index contributed by atoms with van der Waals surface area (Å²) in [4.78, 5) is 26.3. The van der Waals surface area contributed by atoms with Crippen LogP contribution in [0.25, 0.3) is 0 Å². The Bertz CT molecular complexity index is 229. The minimum Gasteiger partial charge on any atom is -0.347 e. The zero-order chi connectivity index (χ0) is 12.6. The molecule has 0 fully saturated rings. The van der Waals surface area contributed by atoms with Crippen LogP contribution >= 0.6 is 0 Å². The highest BCUT2D eigenvalue weighted by Gasteiger charge is 2.15. The molecule has 0 rings (SSSR count). The van der Waals surface area contributed by atoms with E-state index in [1.54, 1.807) is 19.0 Å². The highest BCUT2D eigenvalue weighted by Crippen LogP contribution is 1.95. The molecule has 0 atom stereocenters. The molecule has 0 heterocycles. The molecule has 0 aromatic heterocycles. The highest BCUT2D eigenvalue weighted by molar-refractivity contribution is 5.84. The van der Waals surface area contributed by atoms with Gasteiger partial charge in [0.05, 0.1) is 6.54 Å². The molecule has 0 saturated carbocycles. The SMILES string of the molecule is CCNCCC(=O)N(CC)CC(=O)N(C)C. The summed E-state index contributed by atoms with van der Waals surface area (Å²) < 4.78 is 0. The molecule has 0 radical (unpaired) electrons. The van der Waals surface area contributed by atoms with Crippen LogP contribution in [0.15, 0.2) is 0 Å². The van der Waals surface area contributed by atoms with Crippen LogP contribution in [-0.2, 0) is 9.59 Å². The summed E-state index contributed by atoms with van der Waals surface area (Å²) in [7, 11) is 3.39. The van der Waals surface area contributed by atoms with E-state index >= 15 is 0 Å². The number of hydrogen-bond donors (Lipinski definition) is 1. The van der Waals surface area contributed by atoms with Gasteiger partial charge >= 0.3 is 0 Å². The van der Waals surface area contributed by atoms with E-state index in [1.807, 2.05) is 13.8 Å². The van der Waals surface area contributed by atoms with Gasteiger partial charge in [-0.1, -0.05) is 6.92 Å². The lowest BCUT2D eigenvalue weighted by molar-refractivity contribution is -0.138. The van der Waals surface area contributed by atoms with Crippen LogP contribution in [0.5, 0.6) is 0 Å². The standard InChI is InChI=1S/C11H23N3O2/c1-5-12-8-7-10(15)14(6-2)9-11(16)13(3)4/h12H,5-9H2,1-4H3. The van der Waals surface area contributed by atoms with E-state index in [0.29, 0.717) is 19.5 Å². The van der Waals surface area contributed by atoms with E-state index in [-0.39, 0.29) is 18.4 Å². The molecule has 0 saturated heterocycles. The molecule has 1 N–H and O–H groups in total. The maximum absolute atomic E-state index is 11.7. The first kappa shape index (κ1) is 14.9. The molecule has 0 spiro atoms. The molecular weight excluding hydrogens is 206 g/mol. The molecule has 2 amide bonds. The van der Waals surface area contributed by atoms with E-state index in [0.717, 1.165) is 6.54 Å². The number of likely N-dealkylation sites (N-methyl/N-ethyl adjacent to an activating group) is 2. The normalized spacial score (nSPS) is 10.0. The molecule has 0 bridgehead atoms. The number of hydrogen-bond acceptors (Lipinski definition) is 3. The van der Waals surface area contributed by atoms with E-state index in [4.69, 9.17) is 0 Å². The van der Waals surface area contributed by atoms with Gasteiger partial charge in [0.25, 0.3) is 0 Å². The van der Waals surface area contributed by atoms with Crippen LogP contribution in [0.2, 0.25) is 0 Å². The number of nitrogens with one attached hydrogen (secondary N) is 1. The van der Waals surface area contributed by atoms with Crippen molar-refractivity contribution in [1.29, 1.82) is 0 Å². The van der Waals surface area contributed by atoms with E-state index < -0.39 is 0 Å². The van der Waals surface area contributed by atoms with Crippen LogP contribution in [0.4, 0.5) is 0 Å². The van der Waals surface area contributed by atoms with Gasteiger partial charge in [0.1, 0.15) is 0 Å². The summed E-state index contributed by atoms with van der Waals surface area (Å²) in [5, 5.41) is 3.09. The molecule has 0 unspecified atom stereocenters. The molecule has 0 aliphatic rings. The summed E-state index contributed by atoms with van der Waals surface area (Å²) >= 11 is 0. The molecule has 5 nitrogen and oxygen atoms in total. The predicted octanol–water partition coefficient (Wildman–Crippen LogP) is -0.0773. The van der Waals surface area contributed by atoms with Crippen molar-refractivity contribution in [3.8, 4) is 0 Å². The van der Waals surface area contributed by atoms with Crippen LogP contribution < -0.4 is 5.32 Å². The van der Waals surface area contributed by atoms with Gasteiger partial charge in [-0.25, -0.2) is 0 Å². The maximum atomic E-state index is 11.7. The maximum Gasteiger partial charge on any atom is 0.241 e. The Morgan fingerprint density at radius 2 is 1.75 bits per heavy atom. The van der Waals surface area contributed by atoms with Crippen molar-refractivity contribution in [3.05, 3.63) is 0 Å². The summed E-state index contributed by atoms with van der Waals surface area (Å²) in [6.45, 7) is 6.16. The third kappa shape index (κ3) is 5.70. The van der Waals surface area contributed by atoms with Gasteiger partial charge in [-0.05, 0) is 13.5 Å². The molecular formula is C11H23N3O2. The lowest BCUT2D eigenvalue weighted by Gasteiger charge is -2.22. The molecule has 94 valence electrons. The molecule has 0 aliphatic heterocycles. The quantitative estimate of drug-likeness (QED) is 0.621. The average Bonchev–Trinajstić information content (AvgIpc) is 2.25. The van der Waals surface area contributed by atoms with Crippen molar-refractivity contribution in [2.45, 2.75) is 20.3 Å². The molecule has 16 heavy (non-hydrogen) atoms. The second-order valence-corrected chi connectivity index (χ2v) is 3.80. The Labute approximate surface area is 97.8 Å². The topological polar surface area (TPSA) is 52.7 Å². The third-order valence-corrected chi connectivity index (χ3v) is 2.32. The van der Waals surface area contributed by atoms with Gasteiger partial charge < -0.3 is 15.1 Å². The van der Waals surface area contributed by atoms with Crippen LogP contribution in [0.1, 0.15) is 20.3 Å². The lowest BCUT2D eigenvalue weighted by atomic mass is 10.3. The number of nitrogens with zero attached hydrogens (tertiary/aromatic N) is 2. The fraction of sp³-hybridized carbons (Fsp3) is 0.818. The molecule has 0 aromatic carbocycles. The minimum atomic E-state index is -0.0429. The molecule has 5 heteroatoms. The van der Waals surface area contributed by atoms with Crippen molar-refractivity contribution in [1.82, 2.24) is 15.1 Å². The zero-order valence-corrected chi connectivity index (χ0v) is 10.7. The first-order valence-corrected chi connectivity index (χ1v) is 5.71. The largest absolute Gasteiger partial charge is 0.347 e. The van der Waals surface area contributed by atoms with E-state index in [1.165, 1.54) is 4.90 Å². The van der Waals surface area contributed by atoms with Crippen molar-refractivity contribution in [2.24, 2.45) is 0 Å². The van der Waals surface area contributed by atoms with Gasteiger partial charge in [0.15, 0.2) is 0 Å². The average molecular weight is 229 g/mol. The zero-order valence-electron chi connectivity index (χ0n) is 10.7. The van der Waals surface area contributed by atoms with Gasteiger partial charge in [0.2, 0.25) is 11.8 Å². The van der Waals surface area contributed by atoms with E-state index in [9.17, 15) is 9.59 Å². The summed E-state index contributed by atoms with van der Waals surface area (Å²) in [5.74, 6) is -0.0164. The Hall–Kier alpha value is -1.10. The smallest absolute Gasteiger partial charge is 0.241 e.